The van der Waals surface area contributed by atoms with Crippen molar-refractivity contribution in [3.05, 3.63) is 40.4 Å². The van der Waals surface area contributed by atoms with Crippen molar-refractivity contribution in [1.82, 2.24) is 5.43 Å². The van der Waals surface area contributed by atoms with Crippen LogP contribution < -0.4 is 10.2 Å². The Morgan fingerprint density at radius 2 is 1.95 bits per heavy atom. The molecule has 0 spiro atoms. The van der Waals surface area contributed by atoms with Crippen LogP contribution in [0, 0.1) is 35.5 Å². The molecule has 8 atom stereocenters. The zero-order valence-corrected chi connectivity index (χ0v) is 25.0. The summed E-state index contributed by atoms with van der Waals surface area (Å²) in [5.74, 6) is -0.290. The van der Waals surface area contributed by atoms with Gasteiger partial charge in [-0.25, -0.2) is 10.2 Å². The van der Waals surface area contributed by atoms with E-state index in [-0.39, 0.29) is 36.8 Å². The number of aliphatic hydroxyl groups is 3. The van der Waals surface area contributed by atoms with Crippen LogP contribution in [0.5, 0.6) is 5.75 Å². The Morgan fingerprint density at radius 3 is 2.69 bits per heavy atom. The molecule has 4 aliphatic carbocycles. The predicted octanol–water partition coefficient (Wildman–Crippen LogP) is 3.84. The first-order valence-electron chi connectivity index (χ1n) is 15.1. The molecule has 10 heteroatoms. The lowest BCUT2D eigenvalue weighted by molar-refractivity contribution is -0.237. The van der Waals surface area contributed by atoms with E-state index in [0.717, 1.165) is 30.4 Å². The molecule has 4 N–H and O–H groups in total. The van der Waals surface area contributed by atoms with Crippen LogP contribution in [0.1, 0.15) is 70.3 Å². The molecule has 4 fully saturated rings. The van der Waals surface area contributed by atoms with Crippen molar-refractivity contribution in [2.24, 2.45) is 33.7 Å². The number of benzene rings is 1. The van der Waals surface area contributed by atoms with Gasteiger partial charge in [0.15, 0.2) is 6.61 Å². The number of hydrazone groups is 1. The van der Waals surface area contributed by atoms with Gasteiger partial charge in [0.25, 0.3) is 5.91 Å². The summed E-state index contributed by atoms with van der Waals surface area (Å²) < 4.78 is 10.9. The fraction of sp³-hybridized carbons (Fsp3) is 0.656. The largest absolute Gasteiger partial charge is 0.483 e. The van der Waals surface area contributed by atoms with Crippen molar-refractivity contribution in [2.75, 3.05) is 13.2 Å². The summed E-state index contributed by atoms with van der Waals surface area (Å²) in [7, 11) is 0. The third kappa shape index (κ3) is 4.59. The number of fused-ring (bicyclic) bond motifs is 5. The maximum absolute atomic E-state index is 12.7. The number of esters is 1. The maximum Gasteiger partial charge on any atom is 0.331 e. The standard InChI is InChI=1S/C32H41ClN2O7/c1-19-13-21(33)3-4-26(19)41-17-27(37)35-34-18-30-10-5-22(36)15-31(30,39)11-7-25-24(30)6-9-29(2)23(8-12-32(25,29)40)20-14-28(38)42-16-20/h3-4,13-14,18,22-25,36,39-40H,5-12,15-17H2,1-2H3,(H,35,37)/b34-18-/t22-,23+,24+,25-,29-,30+,31-,32-/m1/s1. The molecule has 1 aromatic rings. The summed E-state index contributed by atoms with van der Waals surface area (Å²) in [5, 5.41) is 40.2. The summed E-state index contributed by atoms with van der Waals surface area (Å²) in [5.41, 5.74) is 0.974. The van der Waals surface area contributed by atoms with Gasteiger partial charge in [-0.15, -0.1) is 0 Å². The van der Waals surface area contributed by atoms with Crippen molar-refractivity contribution in [2.45, 2.75) is 88.9 Å². The lowest BCUT2D eigenvalue weighted by Gasteiger charge is -2.65. The molecule has 1 heterocycles. The molecule has 0 unspecified atom stereocenters. The van der Waals surface area contributed by atoms with E-state index in [1.54, 1.807) is 30.5 Å². The van der Waals surface area contributed by atoms with Gasteiger partial charge in [-0.1, -0.05) is 18.5 Å². The minimum absolute atomic E-state index is 0.0667. The second kappa shape index (κ2) is 10.6. The number of amides is 1. The quantitative estimate of drug-likeness (QED) is 0.221. The molecule has 0 radical (unpaired) electrons. The number of aryl methyl sites for hydroxylation is 1. The number of carbonyl (C=O) groups is 2. The van der Waals surface area contributed by atoms with Crippen LogP contribution in [0.2, 0.25) is 5.02 Å². The molecule has 1 aromatic carbocycles. The number of hydrogen-bond acceptors (Lipinski definition) is 8. The highest BCUT2D eigenvalue weighted by atomic mass is 35.5. The number of cyclic esters (lactones) is 1. The van der Waals surface area contributed by atoms with Gasteiger partial charge in [0.1, 0.15) is 12.4 Å². The van der Waals surface area contributed by atoms with E-state index in [0.29, 0.717) is 49.5 Å². The van der Waals surface area contributed by atoms with E-state index in [4.69, 9.17) is 21.1 Å². The average Bonchev–Trinajstić information content (AvgIpc) is 3.48. The third-order valence-electron chi connectivity index (χ3n) is 11.6. The Bertz CT molecular complexity index is 1330. The van der Waals surface area contributed by atoms with Crippen molar-refractivity contribution in [3.63, 3.8) is 0 Å². The molecular weight excluding hydrogens is 560 g/mol. The first kappa shape index (κ1) is 29.6. The van der Waals surface area contributed by atoms with Crippen LogP contribution in [0.4, 0.5) is 0 Å². The number of aliphatic hydroxyl groups excluding tert-OH is 1. The summed E-state index contributed by atoms with van der Waals surface area (Å²) in [4.78, 5) is 24.5. The van der Waals surface area contributed by atoms with E-state index in [2.05, 4.69) is 17.5 Å². The predicted molar refractivity (Wildman–Crippen MR) is 156 cm³/mol. The van der Waals surface area contributed by atoms with Gasteiger partial charge >= 0.3 is 5.97 Å². The molecule has 5 aliphatic rings. The summed E-state index contributed by atoms with van der Waals surface area (Å²) in [6.45, 7) is 4.06. The molecule has 0 aromatic heterocycles. The lowest BCUT2D eigenvalue weighted by Crippen LogP contribution is -2.68. The summed E-state index contributed by atoms with van der Waals surface area (Å²) in [6, 6.07) is 5.17. The van der Waals surface area contributed by atoms with Gasteiger partial charge in [0, 0.05) is 34.6 Å². The Labute approximate surface area is 251 Å². The highest BCUT2D eigenvalue weighted by molar-refractivity contribution is 6.30. The molecule has 9 nitrogen and oxygen atoms in total. The van der Waals surface area contributed by atoms with Crippen molar-refractivity contribution < 1.29 is 34.4 Å². The SMILES string of the molecule is Cc1cc(Cl)ccc1OCC(=O)N/N=C\[C@]12CC[C@@H](O)C[C@]1(O)CC[C@@H]1[C@@H]2CC[C@]2(C)[C@H](C3=CC(=O)OC3)CC[C@@]12O. The topological polar surface area (TPSA) is 138 Å². The van der Waals surface area contributed by atoms with E-state index in [9.17, 15) is 24.9 Å². The van der Waals surface area contributed by atoms with Crippen LogP contribution in [0.25, 0.3) is 0 Å². The minimum atomic E-state index is -1.20. The molecule has 1 amide bonds. The monoisotopic (exact) mass is 600 g/mol. The van der Waals surface area contributed by atoms with Crippen LogP contribution in [0.3, 0.4) is 0 Å². The van der Waals surface area contributed by atoms with E-state index < -0.39 is 34.0 Å². The van der Waals surface area contributed by atoms with Gasteiger partial charge in [-0.2, -0.15) is 5.10 Å². The van der Waals surface area contributed by atoms with Gasteiger partial charge in [-0.05, 0) is 105 Å². The Kier molecular flexibility index (Phi) is 7.48. The first-order chi connectivity index (χ1) is 19.9. The second-order valence-corrected chi connectivity index (χ2v) is 13.9. The number of hydrogen-bond donors (Lipinski definition) is 4. The second-order valence-electron chi connectivity index (χ2n) is 13.5. The highest BCUT2D eigenvalue weighted by Crippen LogP contribution is 2.70. The third-order valence-corrected chi connectivity index (χ3v) is 11.9. The lowest BCUT2D eigenvalue weighted by atomic mass is 9.41. The molecule has 42 heavy (non-hydrogen) atoms. The number of nitrogens with zero attached hydrogens (tertiary/aromatic N) is 1. The molecule has 228 valence electrons. The van der Waals surface area contributed by atoms with E-state index >= 15 is 0 Å². The normalized spacial score (nSPS) is 41.0. The van der Waals surface area contributed by atoms with Crippen LogP contribution in [-0.2, 0) is 14.3 Å². The van der Waals surface area contributed by atoms with Gasteiger partial charge < -0.3 is 24.8 Å². The highest BCUT2D eigenvalue weighted by Gasteiger charge is 2.71. The van der Waals surface area contributed by atoms with Crippen molar-refractivity contribution in [1.29, 1.82) is 0 Å². The minimum Gasteiger partial charge on any atom is -0.483 e. The number of carbonyl (C=O) groups excluding carboxylic acids is 2. The number of ether oxygens (including phenoxy) is 2. The van der Waals surface area contributed by atoms with Crippen LogP contribution in [0.15, 0.2) is 34.9 Å². The number of nitrogens with one attached hydrogen (secondary N) is 1. The Morgan fingerprint density at radius 1 is 1.17 bits per heavy atom. The fourth-order valence-electron chi connectivity index (χ4n) is 9.53. The molecule has 0 bridgehead atoms. The zero-order chi connectivity index (χ0) is 29.9. The average molecular weight is 601 g/mol. The maximum atomic E-state index is 12.7. The Balaban J connectivity index is 1.23. The Hall–Kier alpha value is -2.46. The molecular formula is C32H41ClN2O7. The number of rotatable bonds is 6. The van der Waals surface area contributed by atoms with Gasteiger partial charge in [0.2, 0.25) is 0 Å². The fourth-order valence-corrected chi connectivity index (χ4v) is 9.76. The summed E-state index contributed by atoms with van der Waals surface area (Å²) >= 11 is 6.01. The molecule has 6 rings (SSSR count). The molecule has 0 saturated heterocycles. The zero-order valence-electron chi connectivity index (χ0n) is 24.3. The van der Waals surface area contributed by atoms with Crippen molar-refractivity contribution in [3.8, 4) is 5.75 Å². The van der Waals surface area contributed by atoms with Gasteiger partial charge in [-0.3, -0.25) is 4.79 Å². The summed E-state index contributed by atoms with van der Waals surface area (Å²) in [6.07, 6.45) is 7.91. The molecule has 4 saturated carbocycles. The van der Waals surface area contributed by atoms with Crippen LogP contribution in [-0.4, -0.2) is 63.9 Å². The number of halogens is 1. The first-order valence-corrected chi connectivity index (χ1v) is 15.5. The van der Waals surface area contributed by atoms with Crippen LogP contribution >= 0.6 is 11.6 Å². The van der Waals surface area contributed by atoms with E-state index in [1.807, 2.05) is 6.92 Å². The smallest absolute Gasteiger partial charge is 0.331 e. The van der Waals surface area contributed by atoms with Crippen molar-refractivity contribution >= 4 is 29.7 Å². The van der Waals surface area contributed by atoms with Gasteiger partial charge in [0.05, 0.1) is 17.3 Å². The molecule has 1 aliphatic heterocycles. The van der Waals surface area contributed by atoms with E-state index in [1.165, 1.54) is 0 Å².